The fraction of sp³-hybridized carbons (Fsp3) is 0.304. The van der Waals surface area contributed by atoms with Gasteiger partial charge in [-0.1, -0.05) is 35.5 Å². The number of rotatable bonds is 4. The van der Waals surface area contributed by atoms with Crippen LogP contribution in [0.3, 0.4) is 0 Å². The molecule has 0 spiro atoms. The van der Waals surface area contributed by atoms with Crippen molar-refractivity contribution in [3.05, 3.63) is 65.9 Å². The predicted molar refractivity (Wildman–Crippen MR) is 110 cm³/mol. The largest absolute Gasteiger partial charge is 0.486 e. The molecule has 2 aliphatic heterocycles. The molecule has 0 unspecified atom stereocenters. The van der Waals surface area contributed by atoms with Crippen LogP contribution >= 0.6 is 0 Å². The Labute approximate surface area is 174 Å². The van der Waals surface area contributed by atoms with Gasteiger partial charge in [0.2, 0.25) is 0 Å². The fourth-order valence-corrected chi connectivity index (χ4v) is 3.96. The second-order valence-corrected chi connectivity index (χ2v) is 7.64. The summed E-state index contributed by atoms with van der Waals surface area (Å²) in [5, 5.41) is 4.02. The van der Waals surface area contributed by atoms with Crippen LogP contribution in [0, 0.1) is 0 Å². The standard InChI is InChI=1S/C23H23N3O4/c27-23(26-10-8-25(9-11-26)16-17-4-2-1-3-5-17)19-15-21(30-24-19)18-6-7-20-22(14-18)29-13-12-28-20/h1-7,14-15H,8-13,16H2/p+1. The number of quaternary nitrogens is 1. The quantitative estimate of drug-likeness (QED) is 0.714. The average molecular weight is 406 g/mol. The number of nitrogens with one attached hydrogen (secondary N) is 1. The van der Waals surface area contributed by atoms with Gasteiger partial charge in [0.15, 0.2) is 23.0 Å². The van der Waals surface area contributed by atoms with Gasteiger partial charge in [-0.05, 0) is 18.2 Å². The van der Waals surface area contributed by atoms with Crippen LogP contribution < -0.4 is 14.4 Å². The summed E-state index contributed by atoms with van der Waals surface area (Å²) >= 11 is 0. The Bertz CT molecular complexity index is 1030. The number of benzene rings is 2. The first-order chi connectivity index (χ1) is 14.8. The molecule has 3 aromatic rings. The molecule has 154 valence electrons. The zero-order valence-corrected chi connectivity index (χ0v) is 16.7. The molecule has 0 radical (unpaired) electrons. The maximum absolute atomic E-state index is 12.9. The highest BCUT2D eigenvalue weighted by Crippen LogP contribution is 2.34. The summed E-state index contributed by atoms with van der Waals surface area (Å²) in [6.07, 6.45) is 0. The molecular weight excluding hydrogens is 382 g/mol. The highest BCUT2D eigenvalue weighted by atomic mass is 16.6. The lowest BCUT2D eigenvalue weighted by Gasteiger charge is -2.31. The van der Waals surface area contributed by atoms with E-state index in [2.05, 4.69) is 29.4 Å². The van der Waals surface area contributed by atoms with Gasteiger partial charge in [0.25, 0.3) is 5.91 Å². The van der Waals surface area contributed by atoms with Crippen molar-refractivity contribution in [2.75, 3.05) is 39.4 Å². The molecule has 1 amide bonds. The van der Waals surface area contributed by atoms with Crippen LogP contribution in [0.25, 0.3) is 11.3 Å². The van der Waals surface area contributed by atoms with Gasteiger partial charge in [-0.3, -0.25) is 4.79 Å². The number of nitrogens with zero attached hydrogens (tertiary/aromatic N) is 2. The first kappa shape index (κ1) is 18.7. The van der Waals surface area contributed by atoms with Gasteiger partial charge in [0.05, 0.1) is 26.2 Å². The lowest BCUT2D eigenvalue weighted by atomic mass is 10.1. The molecule has 1 saturated heterocycles. The number of hydrogen-bond acceptors (Lipinski definition) is 5. The van der Waals surface area contributed by atoms with Gasteiger partial charge >= 0.3 is 0 Å². The summed E-state index contributed by atoms with van der Waals surface area (Å²) in [6.45, 7) is 5.34. The van der Waals surface area contributed by atoms with Crippen molar-refractivity contribution in [3.63, 3.8) is 0 Å². The van der Waals surface area contributed by atoms with Crippen LogP contribution in [-0.2, 0) is 6.54 Å². The van der Waals surface area contributed by atoms with E-state index in [9.17, 15) is 4.79 Å². The number of hydrogen-bond donors (Lipinski definition) is 1. The van der Waals surface area contributed by atoms with Gasteiger partial charge in [-0.2, -0.15) is 0 Å². The third-order valence-electron chi connectivity index (χ3n) is 5.61. The molecule has 7 nitrogen and oxygen atoms in total. The van der Waals surface area contributed by atoms with Crippen LogP contribution in [0.5, 0.6) is 11.5 Å². The summed E-state index contributed by atoms with van der Waals surface area (Å²) < 4.78 is 16.6. The summed E-state index contributed by atoms with van der Waals surface area (Å²) in [5.74, 6) is 1.86. The summed E-state index contributed by atoms with van der Waals surface area (Å²) in [7, 11) is 0. The molecule has 7 heteroatoms. The van der Waals surface area contributed by atoms with Gasteiger partial charge in [0.1, 0.15) is 19.8 Å². The van der Waals surface area contributed by atoms with Crippen LogP contribution in [-0.4, -0.2) is 55.4 Å². The van der Waals surface area contributed by atoms with Crippen molar-refractivity contribution >= 4 is 5.91 Å². The van der Waals surface area contributed by atoms with Crippen LogP contribution in [0.1, 0.15) is 16.1 Å². The second kappa shape index (κ2) is 8.20. The van der Waals surface area contributed by atoms with E-state index in [1.807, 2.05) is 29.2 Å². The zero-order chi connectivity index (χ0) is 20.3. The second-order valence-electron chi connectivity index (χ2n) is 7.64. The third-order valence-corrected chi connectivity index (χ3v) is 5.61. The van der Waals surface area contributed by atoms with Gasteiger partial charge in [-0.25, -0.2) is 0 Å². The summed E-state index contributed by atoms with van der Waals surface area (Å²) in [5.41, 5.74) is 2.47. The molecule has 2 aromatic carbocycles. The Hall–Kier alpha value is -3.32. The number of amides is 1. The molecule has 1 N–H and O–H groups in total. The molecule has 3 heterocycles. The molecule has 30 heavy (non-hydrogen) atoms. The van der Waals surface area contributed by atoms with E-state index in [1.165, 1.54) is 10.5 Å². The molecule has 0 bridgehead atoms. The first-order valence-corrected chi connectivity index (χ1v) is 10.3. The minimum atomic E-state index is -0.0821. The monoisotopic (exact) mass is 406 g/mol. The molecule has 2 aliphatic rings. The number of aromatic nitrogens is 1. The third kappa shape index (κ3) is 3.89. The van der Waals surface area contributed by atoms with Gasteiger partial charge < -0.3 is 23.8 Å². The SMILES string of the molecule is O=C(c1cc(-c2ccc3c(c2)OCCO3)on1)N1CC[NH+](Cc2ccccc2)CC1. The topological polar surface area (TPSA) is 69.2 Å². The highest BCUT2D eigenvalue weighted by Gasteiger charge is 2.27. The molecule has 0 atom stereocenters. The molecule has 5 rings (SSSR count). The summed E-state index contributed by atoms with van der Waals surface area (Å²) in [4.78, 5) is 16.2. The predicted octanol–water partition coefficient (Wildman–Crippen LogP) is 1.65. The van der Waals surface area contributed by atoms with Gasteiger partial charge in [-0.15, -0.1) is 0 Å². The van der Waals surface area contributed by atoms with E-state index in [0.29, 0.717) is 43.5 Å². The maximum Gasteiger partial charge on any atom is 0.276 e. The Kier molecular flexibility index (Phi) is 5.11. The number of ether oxygens (including phenoxy) is 2. The number of carbonyl (C=O) groups is 1. The van der Waals surface area contributed by atoms with Crippen LogP contribution in [0.4, 0.5) is 0 Å². The Morgan fingerprint density at radius 1 is 0.967 bits per heavy atom. The van der Waals surface area contributed by atoms with E-state index in [0.717, 1.165) is 30.9 Å². The molecule has 1 fully saturated rings. The van der Waals surface area contributed by atoms with E-state index >= 15 is 0 Å². The van der Waals surface area contributed by atoms with Crippen molar-refractivity contribution in [1.82, 2.24) is 10.1 Å². The first-order valence-electron chi connectivity index (χ1n) is 10.3. The number of carbonyl (C=O) groups excluding carboxylic acids is 1. The van der Waals surface area contributed by atoms with Crippen LogP contribution in [0.15, 0.2) is 59.1 Å². The average Bonchev–Trinajstić information content (AvgIpc) is 3.30. The normalized spacial score (nSPS) is 16.5. The minimum Gasteiger partial charge on any atom is -0.486 e. The maximum atomic E-state index is 12.9. The van der Waals surface area contributed by atoms with E-state index in [4.69, 9.17) is 14.0 Å². The Morgan fingerprint density at radius 3 is 2.53 bits per heavy atom. The van der Waals surface area contributed by atoms with Crippen molar-refractivity contribution in [1.29, 1.82) is 0 Å². The molecule has 0 saturated carbocycles. The smallest absolute Gasteiger partial charge is 0.276 e. The van der Waals surface area contributed by atoms with Crippen molar-refractivity contribution < 1.29 is 23.7 Å². The van der Waals surface area contributed by atoms with E-state index in [1.54, 1.807) is 6.07 Å². The van der Waals surface area contributed by atoms with Gasteiger partial charge in [0, 0.05) is 17.2 Å². The molecular formula is C23H24N3O4+. The fourth-order valence-electron chi connectivity index (χ4n) is 3.96. The lowest BCUT2D eigenvalue weighted by molar-refractivity contribution is -0.917. The van der Waals surface area contributed by atoms with E-state index < -0.39 is 0 Å². The molecule has 1 aromatic heterocycles. The van der Waals surface area contributed by atoms with Crippen molar-refractivity contribution in [2.45, 2.75) is 6.54 Å². The Morgan fingerprint density at radius 2 is 1.73 bits per heavy atom. The number of fused-ring (bicyclic) bond motifs is 1. The summed E-state index contributed by atoms with van der Waals surface area (Å²) in [6, 6.07) is 17.8. The molecule has 0 aliphatic carbocycles. The minimum absolute atomic E-state index is 0.0821. The van der Waals surface area contributed by atoms with Crippen molar-refractivity contribution in [3.8, 4) is 22.8 Å². The van der Waals surface area contributed by atoms with Crippen molar-refractivity contribution in [2.24, 2.45) is 0 Å². The Balaban J connectivity index is 1.22. The van der Waals surface area contributed by atoms with E-state index in [-0.39, 0.29) is 5.91 Å². The number of piperazine rings is 1. The highest BCUT2D eigenvalue weighted by molar-refractivity contribution is 5.93. The van der Waals surface area contributed by atoms with Crippen LogP contribution in [0.2, 0.25) is 0 Å². The lowest BCUT2D eigenvalue weighted by Crippen LogP contribution is -3.13. The zero-order valence-electron chi connectivity index (χ0n) is 16.7.